The molecule has 0 spiro atoms. The number of benzene rings is 3. The van der Waals surface area contributed by atoms with E-state index in [1.165, 1.54) is 33.0 Å². The van der Waals surface area contributed by atoms with Crippen LogP contribution in [0.5, 0.6) is 0 Å². The molecule has 1 atom stereocenters. The quantitative estimate of drug-likeness (QED) is 0.420. The van der Waals surface area contributed by atoms with Gasteiger partial charge in [0.25, 0.3) is 0 Å². The summed E-state index contributed by atoms with van der Waals surface area (Å²) in [5.74, 6) is 0.369. The second-order valence-electron chi connectivity index (χ2n) is 5.50. The number of hydrogen-bond donors (Lipinski definition) is 0. The van der Waals surface area contributed by atoms with Crippen molar-refractivity contribution in [3.05, 3.63) is 89.0 Å². The number of halogens is 2. The zero-order valence-electron chi connectivity index (χ0n) is 12.7. The van der Waals surface area contributed by atoms with Crippen LogP contribution >= 0.6 is 17.0 Å². The Hall–Kier alpha value is -0.877. The fraction of sp³-hybridized carbons (Fsp3) is 0.100. The molecule has 0 aromatic heterocycles. The molecule has 4 rings (SSSR count). The van der Waals surface area contributed by atoms with Crippen LogP contribution in [0, 0.1) is 6.07 Å². The molecule has 0 nitrogen and oxygen atoms in total. The molecule has 113 valence electrons. The molecule has 0 aliphatic heterocycles. The van der Waals surface area contributed by atoms with E-state index in [4.69, 9.17) is 17.0 Å². The third-order valence-electron chi connectivity index (χ3n) is 4.19. The van der Waals surface area contributed by atoms with Gasteiger partial charge in [-0.15, -0.1) is 0 Å². The first-order chi connectivity index (χ1) is 11.3. The fourth-order valence-electron chi connectivity index (χ4n) is 3.31. The summed E-state index contributed by atoms with van der Waals surface area (Å²) in [5.41, 5.74) is 5.42. The Balaban J connectivity index is 0.000000485. The van der Waals surface area contributed by atoms with Crippen LogP contribution < -0.4 is 0 Å². The van der Waals surface area contributed by atoms with Gasteiger partial charge in [-0.05, 0) is 40.5 Å². The maximum absolute atomic E-state index is 4.93. The van der Waals surface area contributed by atoms with Crippen LogP contribution in [0.25, 0.3) is 16.8 Å². The molecule has 0 fully saturated rings. The van der Waals surface area contributed by atoms with Gasteiger partial charge in [-0.2, -0.15) is 0 Å². The Morgan fingerprint density at radius 2 is 1.61 bits per heavy atom. The van der Waals surface area contributed by atoms with Crippen LogP contribution in [-0.4, -0.2) is 0 Å². The average molecular weight is 417 g/mol. The van der Waals surface area contributed by atoms with Crippen LogP contribution in [0.15, 0.2) is 66.2 Å². The van der Waals surface area contributed by atoms with Gasteiger partial charge in [0.2, 0.25) is 0 Å². The van der Waals surface area contributed by atoms with Gasteiger partial charge in [0, 0.05) is 5.92 Å². The van der Waals surface area contributed by atoms with Crippen molar-refractivity contribution in [3.8, 4) is 0 Å². The molecule has 3 aromatic rings. The second-order valence-corrected chi connectivity index (χ2v) is 9.23. The molecule has 0 amide bonds. The van der Waals surface area contributed by atoms with Gasteiger partial charge in [0.15, 0.2) is 0 Å². The van der Waals surface area contributed by atoms with E-state index in [9.17, 15) is 0 Å². The first kappa shape index (κ1) is 17.0. The average Bonchev–Trinajstić information content (AvgIpc) is 2.91. The summed E-state index contributed by atoms with van der Waals surface area (Å²) in [5, 5.41) is 2.66. The summed E-state index contributed by atoms with van der Waals surface area (Å²) < 4.78 is 0. The molecule has 1 radical (unpaired) electrons. The van der Waals surface area contributed by atoms with Crippen molar-refractivity contribution in [2.45, 2.75) is 12.8 Å². The van der Waals surface area contributed by atoms with Gasteiger partial charge < -0.3 is 0 Å². The molecular formula is C20H15Cl2Zr. The van der Waals surface area contributed by atoms with E-state index in [0.717, 1.165) is 0 Å². The third-order valence-corrected chi connectivity index (χ3v) is 4.19. The predicted octanol–water partition coefficient (Wildman–Crippen LogP) is 6.57. The normalized spacial score (nSPS) is 15.4. The third kappa shape index (κ3) is 3.48. The van der Waals surface area contributed by atoms with Crippen molar-refractivity contribution in [1.29, 1.82) is 0 Å². The van der Waals surface area contributed by atoms with Crippen molar-refractivity contribution in [2.24, 2.45) is 0 Å². The van der Waals surface area contributed by atoms with Gasteiger partial charge in [-0.1, -0.05) is 72.3 Å². The monoisotopic (exact) mass is 415 g/mol. The van der Waals surface area contributed by atoms with Crippen molar-refractivity contribution in [2.75, 3.05) is 0 Å². The van der Waals surface area contributed by atoms with E-state index in [1.54, 1.807) is 0 Å². The van der Waals surface area contributed by atoms with Crippen LogP contribution in [0.1, 0.15) is 29.5 Å². The Labute approximate surface area is 155 Å². The number of allylic oxidation sites excluding steroid dienone is 1. The summed E-state index contributed by atoms with van der Waals surface area (Å²) in [4.78, 5) is 0. The molecule has 0 bridgehead atoms. The first-order valence-electron chi connectivity index (χ1n) is 7.39. The molecule has 3 heteroatoms. The van der Waals surface area contributed by atoms with E-state index in [1.807, 2.05) is 6.07 Å². The predicted molar refractivity (Wildman–Crippen MR) is 96.4 cm³/mol. The zero-order chi connectivity index (χ0) is 16.2. The summed E-state index contributed by atoms with van der Waals surface area (Å²) in [6, 6.07) is 24.9. The SMILES string of the molecule is CC1=Cc2[c]cccc2C1c1cccc2ccccc12.[Cl][Zr][Cl]. The Morgan fingerprint density at radius 1 is 0.913 bits per heavy atom. The Morgan fingerprint density at radius 3 is 2.43 bits per heavy atom. The molecule has 0 saturated heterocycles. The molecule has 1 aliphatic carbocycles. The molecular weight excluding hydrogens is 402 g/mol. The van der Waals surface area contributed by atoms with Gasteiger partial charge in [-0.3, -0.25) is 0 Å². The standard InChI is InChI=1S/C20H15.2ClH.Zr/c1-14-13-16-8-3-5-11-18(16)20(14)19-12-6-9-15-7-2-4-10-17(15)19;;;/h2-7,9-13,20H,1H3;2*1H;/q;;;+2/p-2. The summed E-state index contributed by atoms with van der Waals surface area (Å²) >= 11 is -0.826. The summed E-state index contributed by atoms with van der Waals surface area (Å²) in [6.45, 7) is 2.22. The van der Waals surface area contributed by atoms with E-state index in [-0.39, 0.29) is 0 Å². The molecule has 1 unspecified atom stereocenters. The minimum absolute atomic E-state index is 0.369. The van der Waals surface area contributed by atoms with E-state index in [0.29, 0.717) is 5.92 Å². The zero-order valence-corrected chi connectivity index (χ0v) is 16.7. The second kappa shape index (κ2) is 7.80. The van der Waals surface area contributed by atoms with Crippen molar-refractivity contribution >= 4 is 33.9 Å². The summed E-state index contributed by atoms with van der Waals surface area (Å²) in [6.07, 6.45) is 2.27. The van der Waals surface area contributed by atoms with Crippen molar-refractivity contribution in [1.82, 2.24) is 0 Å². The van der Waals surface area contributed by atoms with E-state index in [2.05, 4.69) is 73.7 Å². The number of fused-ring (bicyclic) bond motifs is 2. The summed E-state index contributed by atoms with van der Waals surface area (Å²) in [7, 11) is 9.87. The molecule has 0 heterocycles. The van der Waals surface area contributed by atoms with Crippen LogP contribution in [-0.2, 0) is 20.8 Å². The van der Waals surface area contributed by atoms with Crippen LogP contribution in [0.4, 0.5) is 0 Å². The maximum atomic E-state index is 4.93. The van der Waals surface area contributed by atoms with Crippen LogP contribution in [0.3, 0.4) is 0 Å². The Bertz CT molecular complexity index is 850. The van der Waals surface area contributed by atoms with Crippen LogP contribution in [0.2, 0.25) is 0 Å². The fourth-order valence-corrected chi connectivity index (χ4v) is 3.31. The number of hydrogen-bond acceptors (Lipinski definition) is 0. The van der Waals surface area contributed by atoms with Gasteiger partial charge in [0.1, 0.15) is 0 Å². The minimum atomic E-state index is -0.826. The van der Waals surface area contributed by atoms with Crippen molar-refractivity contribution in [3.63, 3.8) is 0 Å². The topological polar surface area (TPSA) is 0 Å². The molecule has 3 aromatic carbocycles. The van der Waals surface area contributed by atoms with Gasteiger partial charge >= 0.3 is 37.9 Å². The molecule has 0 N–H and O–H groups in total. The van der Waals surface area contributed by atoms with E-state index < -0.39 is 20.8 Å². The molecule has 0 saturated carbocycles. The van der Waals surface area contributed by atoms with Gasteiger partial charge in [0.05, 0.1) is 0 Å². The van der Waals surface area contributed by atoms with Crippen molar-refractivity contribution < 1.29 is 20.8 Å². The Kier molecular flexibility index (Phi) is 5.75. The van der Waals surface area contributed by atoms with E-state index >= 15 is 0 Å². The number of rotatable bonds is 1. The first-order valence-corrected chi connectivity index (χ1v) is 13.7. The molecule has 23 heavy (non-hydrogen) atoms. The van der Waals surface area contributed by atoms with Gasteiger partial charge in [-0.25, -0.2) is 0 Å². The molecule has 1 aliphatic rings.